The molecule has 21 atom stereocenters. The normalized spacial score (nSPS) is 51.2. The molecule has 11 rings (SSSR count). The van der Waals surface area contributed by atoms with Crippen molar-refractivity contribution < 1.29 is 61.7 Å². The van der Waals surface area contributed by atoms with Crippen LogP contribution in [0.5, 0.6) is 0 Å². The van der Waals surface area contributed by atoms with Crippen LogP contribution in [0.3, 0.4) is 0 Å². The first-order valence-corrected chi connectivity index (χ1v) is 27.4. The molecular weight excluding hydrogens is 813 g/mol. The first kappa shape index (κ1) is 44.8. The Morgan fingerprint density at radius 2 is 1.42 bits per heavy atom. The van der Waals surface area contributed by atoms with E-state index in [1.807, 2.05) is 0 Å². The van der Waals surface area contributed by atoms with E-state index in [0.717, 1.165) is 62.2 Å². The van der Waals surface area contributed by atoms with Crippen molar-refractivity contribution >= 4 is 14.3 Å². The molecule has 0 aromatic carbocycles. The molecule has 5 unspecified atom stereocenters. The summed E-state index contributed by atoms with van der Waals surface area (Å²) in [4.78, 5) is 14.3. The van der Waals surface area contributed by atoms with Gasteiger partial charge < -0.3 is 56.9 Å². The number of ether oxygens (including phenoxy) is 10. The van der Waals surface area contributed by atoms with Crippen LogP contribution < -0.4 is 0 Å². The van der Waals surface area contributed by atoms with E-state index in [-0.39, 0.29) is 122 Å². The zero-order valence-corrected chi connectivity index (χ0v) is 39.4. The van der Waals surface area contributed by atoms with E-state index in [4.69, 9.17) is 51.8 Å². The lowest BCUT2D eigenvalue weighted by Gasteiger charge is -2.52. The molecule has 0 aromatic heterocycles. The van der Waals surface area contributed by atoms with Crippen LogP contribution in [0, 0.1) is 17.3 Å². The molecule has 0 amide bonds. The van der Waals surface area contributed by atoms with Crippen molar-refractivity contribution in [3.63, 3.8) is 0 Å². The van der Waals surface area contributed by atoms with Gasteiger partial charge in [0.2, 0.25) is 0 Å². The molecule has 14 heteroatoms. The number of carbonyl (C=O) groups excluding carboxylic acids is 1. The van der Waals surface area contributed by atoms with Crippen molar-refractivity contribution in [2.45, 2.75) is 259 Å². The van der Waals surface area contributed by atoms with Crippen LogP contribution in [0.25, 0.3) is 0 Å². The maximum Gasteiger partial charge on any atom is 0.308 e. The summed E-state index contributed by atoms with van der Waals surface area (Å²) in [6, 6.07) is 3.01. The van der Waals surface area contributed by atoms with E-state index < -0.39 is 38.5 Å². The van der Waals surface area contributed by atoms with E-state index in [0.29, 0.717) is 32.1 Å². The quantitative estimate of drug-likeness (QED) is 0.172. The van der Waals surface area contributed by atoms with Gasteiger partial charge in [0.15, 0.2) is 14.1 Å². The predicted octanol–water partition coefficient (Wildman–Crippen LogP) is 6.70. The third-order valence-electron chi connectivity index (χ3n) is 17.6. The van der Waals surface area contributed by atoms with E-state index in [1.54, 1.807) is 0 Å². The van der Waals surface area contributed by atoms with E-state index in [2.05, 4.69) is 55.0 Å². The van der Waals surface area contributed by atoms with Crippen molar-refractivity contribution in [1.82, 2.24) is 0 Å². The fraction of sp³-hybridized carbons (Fsp3) is 0.938. The summed E-state index contributed by atoms with van der Waals surface area (Å²) in [5.41, 5.74) is 1.08. The van der Waals surface area contributed by atoms with Gasteiger partial charge in [-0.2, -0.15) is 0 Å². The van der Waals surface area contributed by atoms with Gasteiger partial charge in [-0.25, -0.2) is 0 Å². The Kier molecular flexibility index (Phi) is 12.5. The molecule has 350 valence electrons. The lowest BCUT2D eigenvalue weighted by molar-refractivity contribution is -0.293. The van der Waals surface area contributed by atoms with Crippen molar-refractivity contribution in [3.05, 3.63) is 12.2 Å². The number of fused-ring (bicyclic) bond motifs is 7. The van der Waals surface area contributed by atoms with Crippen LogP contribution in [-0.4, -0.2) is 142 Å². The number of hydrogen-bond acceptors (Lipinski definition) is 13. The van der Waals surface area contributed by atoms with Gasteiger partial charge in [0.1, 0.15) is 42.7 Å². The van der Waals surface area contributed by atoms with Gasteiger partial charge in [0.25, 0.3) is 0 Å². The summed E-state index contributed by atoms with van der Waals surface area (Å²) >= 11 is 0. The Morgan fingerprint density at radius 1 is 0.694 bits per heavy atom. The van der Waals surface area contributed by atoms with E-state index in [1.165, 1.54) is 0 Å². The SMILES string of the molecule is C=C1[C@H](C)C[C@@H]2CC[C@@H]3OC(CC[C@@]45C[C@H]6OC7C(O4)[C@H]4O[C@H](CC[C@@H]4O[C@H]7C6O5)CC(=O)O[C@@H]4[C@@H](C)[C@@H]5O[C@H](CO)C(O[Si](CC)(CC)CC)C[C@@H]5O[C@H]4C[C@H]1O2)CC3(C)C. The summed E-state index contributed by atoms with van der Waals surface area (Å²) in [5.74, 6) is -1.07. The van der Waals surface area contributed by atoms with Crippen molar-refractivity contribution in [2.24, 2.45) is 17.3 Å². The summed E-state index contributed by atoms with van der Waals surface area (Å²) in [6.07, 6.45) is 4.00. The summed E-state index contributed by atoms with van der Waals surface area (Å²) in [5, 5.41) is 10.7. The maximum absolute atomic E-state index is 14.3. The first-order valence-electron chi connectivity index (χ1n) is 24.8. The Balaban J connectivity index is 0.934. The molecule has 11 fully saturated rings. The first-order chi connectivity index (χ1) is 29.7. The number of hydrogen-bond donors (Lipinski definition) is 1. The summed E-state index contributed by atoms with van der Waals surface area (Å²) in [7, 11) is -2.02. The molecule has 1 N–H and O–H groups in total. The van der Waals surface area contributed by atoms with Crippen LogP contribution in [0.2, 0.25) is 18.1 Å². The van der Waals surface area contributed by atoms with Crippen molar-refractivity contribution in [2.75, 3.05) is 6.61 Å². The van der Waals surface area contributed by atoms with Crippen LogP contribution in [0.15, 0.2) is 12.2 Å². The number of aliphatic hydroxyl groups excluding tert-OH is 1. The molecular formula is C48H76O13Si. The zero-order valence-electron chi connectivity index (χ0n) is 38.4. The monoisotopic (exact) mass is 889 g/mol. The lowest BCUT2D eigenvalue weighted by Crippen LogP contribution is -2.63. The molecule has 11 aliphatic heterocycles. The van der Waals surface area contributed by atoms with Gasteiger partial charge in [-0.1, -0.05) is 55.0 Å². The fourth-order valence-electron chi connectivity index (χ4n) is 13.7. The van der Waals surface area contributed by atoms with Gasteiger partial charge >= 0.3 is 5.97 Å². The average Bonchev–Trinajstić information content (AvgIpc) is 3.81. The third-order valence-corrected chi connectivity index (χ3v) is 22.2. The van der Waals surface area contributed by atoms with Gasteiger partial charge in [0, 0.05) is 31.6 Å². The highest BCUT2D eigenvalue weighted by Gasteiger charge is 2.69. The minimum absolute atomic E-state index is 0.0173. The Morgan fingerprint density at radius 3 is 2.19 bits per heavy atom. The summed E-state index contributed by atoms with van der Waals surface area (Å²) < 4.78 is 75.6. The zero-order chi connectivity index (χ0) is 43.3. The highest BCUT2D eigenvalue weighted by molar-refractivity contribution is 6.73. The average molecular weight is 889 g/mol. The number of carbonyl (C=O) groups is 1. The summed E-state index contributed by atoms with van der Waals surface area (Å²) in [6.45, 7) is 20.1. The third kappa shape index (κ3) is 8.05. The highest BCUT2D eigenvalue weighted by atomic mass is 28.4. The van der Waals surface area contributed by atoms with Crippen LogP contribution in [0.4, 0.5) is 0 Å². The molecule has 62 heavy (non-hydrogen) atoms. The second-order valence-electron chi connectivity index (χ2n) is 21.8. The standard InChI is InChI=1S/C48H76O13Si/c1-9-62(10-2,11-3)61-33-21-35-40(57-37(33)24-49)27(6)41-34(54-35)20-32-26(5)25(4)18-28(51-32)13-15-38-47(7,8)22-30(52-38)16-17-48-23-36-43(59-48)44-45(56-36)46(60-48)42-31(55-44)14-12-29(53-42)19-39(50)58-41/h25,27-38,40-46,49H,5,9-24H2,1-4,6-8H3/t25-,27+,28+,29-,30?,31+,32-,33?,34+,35+,36-,37-,38+,40+,41-,42+,43?,44+,45?,46?,48+/m1/s1. The second kappa shape index (κ2) is 17.3. The van der Waals surface area contributed by atoms with Gasteiger partial charge in [-0.05, 0) is 80.0 Å². The number of esters is 1. The molecule has 13 nitrogen and oxygen atoms in total. The van der Waals surface area contributed by atoms with Gasteiger partial charge in [-0.15, -0.1) is 0 Å². The van der Waals surface area contributed by atoms with Crippen LogP contribution >= 0.6 is 0 Å². The Labute approximate surface area is 370 Å². The molecule has 12 bridgehead atoms. The molecule has 11 aliphatic rings. The smallest absolute Gasteiger partial charge is 0.308 e. The van der Waals surface area contributed by atoms with Crippen molar-refractivity contribution in [3.8, 4) is 0 Å². The van der Waals surface area contributed by atoms with Crippen LogP contribution in [0.1, 0.15) is 126 Å². The topological polar surface area (TPSA) is 139 Å². The number of rotatable bonds is 6. The molecule has 11 saturated heterocycles. The Bertz CT molecular complexity index is 1630. The van der Waals surface area contributed by atoms with E-state index in [9.17, 15) is 9.90 Å². The molecule has 0 saturated carbocycles. The highest BCUT2D eigenvalue weighted by Crippen LogP contribution is 2.55. The van der Waals surface area contributed by atoms with E-state index >= 15 is 0 Å². The molecule has 0 aromatic rings. The maximum atomic E-state index is 14.3. The molecule has 1 spiro atoms. The predicted molar refractivity (Wildman–Crippen MR) is 229 cm³/mol. The fourth-order valence-corrected chi connectivity index (χ4v) is 16.6. The van der Waals surface area contributed by atoms with Crippen LogP contribution in [-0.2, 0) is 56.6 Å². The van der Waals surface area contributed by atoms with Gasteiger partial charge in [0.05, 0.1) is 80.2 Å². The molecule has 0 radical (unpaired) electrons. The lowest BCUT2D eigenvalue weighted by atomic mass is 9.78. The second-order valence-corrected chi connectivity index (χ2v) is 26.5. The molecule has 11 heterocycles. The number of aliphatic hydroxyl groups is 1. The Hall–Kier alpha value is -1.01. The minimum Gasteiger partial charge on any atom is -0.459 e. The largest absolute Gasteiger partial charge is 0.459 e. The van der Waals surface area contributed by atoms with Gasteiger partial charge in [-0.3, -0.25) is 4.79 Å². The minimum atomic E-state index is -2.02. The van der Waals surface area contributed by atoms with Crippen molar-refractivity contribution in [1.29, 1.82) is 0 Å². The molecule has 0 aliphatic carbocycles.